The highest BCUT2D eigenvalue weighted by Crippen LogP contribution is 2.42. The predicted octanol–water partition coefficient (Wildman–Crippen LogP) is 2.91. The zero-order valence-electron chi connectivity index (χ0n) is 14.6. The average Bonchev–Trinajstić information content (AvgIpc) is 3.10. The zero-order valence-corrected chi connectivity index (χ0v) is 15.4. The summed E-state index contributed by atoms with van der Waals surface area (Å²) in [6, 6.07) is 9.29. The van der Waals surface area contributed by atoms with Crippen LogP contribution >= 0.6 is 0 Å². The summed E-state index contributed by atoms with van der Waals surface area (Å²) >= 11 is 0. The monoisotopic (exact) mass is 387 g/mol. The van der Waals surface area contributed by atoms with Gasteiger partial charge in [-0.05, 0) is 48.4 Å². The van der Waals surface area contributed by atoms with Gasteiger partial charge in [0.25, 0.3) is 0 Å². The summed E-state index contributed by atoms with van der Waals surface area (Å²) in [6.45, 7) is 1.84. The standard InChI is InChI=1S/C19H18FN3O3S/c1-11-15-8-12(16-10-22-17-9-13(20)3-4-14(16)17)2-5-18(15)27(25,26)23(11)7-6-19(21)24/h2-5,8-11,22H,6-7H2,1H3,(H2,21,24). The number of nitrogens with zero attached hydrogens (tertiary/aromatic N) is 1. The molecule has 0 aliphatic carbocycles. The second-order valence-electron chi connectivity index (χ2n) is 6.65. The highest BCUT2D eigenvalue weighted by atomic mass is 32.2. The molecule has 140 valence electrons. The van der Waals surface area contributed by atoms with Crippen LogP contribution in [0.3, 0.4) is 0 Å². The van der Waals surface area contributed by atoms with Gasteiger partial charge in [0, 0.05) is 41.7 Å². The van der Waals surface area contributed by atoms with Gasteiger partial charge in [-0.25, -0.2) is 12.8 Å². The fourth-order valence-corrected chi connectivity index (χ4v) is 5.52. The van der Waals surface area contributed by atoms with Gasteiger partial charge >= 0.3 is 0 Å². The number of nitrogens with two attached hydrogens (primary N) is 1. The number of fused-ring (bicyclic) bond motifs is 2. The number of hydrogen-bond acceptors (Lipinski definition) is 3. The average molecular weight is 387 g/mol. The molecule has 3 aromatic rings. The number of H-pyrrole nitrogens is 1. The van der Waals surface area contributed by atoms with Gasteiger partial charge in [-0.3, -0.25) is 4.79 Å². The number of aromatic nitrogens is 1. The molecule has 2 heterocycles. The fourth-order valence-electron chi connectivity index (χ4n) is 3.64. The van der Waals surface area contributed by atoms with Gasteiger partial charge in [-0.2, -0.15) is 4.31 Å². The van der Waals surface area contributed by atoms with E-state index >= 15 is 0 Å². The van der Waals surface area contributed by atoms with Crippen molar-refractivity contribution >= 4 is 26.8 Å². The van der Waals surface area contributed by atoms with E-state index in [1.54, 1.807) is 31.3 Å². The number of carbonyl (C=O) groups is 1. The van der Waals surface area contributed by atoms with E-state index in [1.807, 2.05) is 6.07 Å². The Balaban J connectivity index is 1.78. The Hall–Kier alpha value is -2.71. The number of nitrogens with one attached hydrogen (secondary N) is 1. The largest absolute Gasteiger partial charge is 0.370 e. The first-order valence-corrected chi connectivity index (χ1v) is 9.94. The summed E-state index contributed by atoms with van der Waals surface area (Å²) in [5, 5.41) is 0.857. The van der Waals surface area contributed by atoms with Crippen molar-refractivity contribution in [3.05, 3.63) is 54.0 Å². The molecule has 1 atom stereocenters. The van der Waals surface area contributed by atoms with Crippen LogP contribution < -0.4 is 5.73 Å². The lowest BCUT2D eigenvalue weighted by atomic mass is 9.99. The van der Waals surface area contributed by atoms with E-state index in [-0.39, 0.29) is 23.7 Å². The van der Waals surface area contributed by atoms with Gasteiger partial charge in [0.05, 0.1) is 4.90 Å². The van der Waals surface area contributed by atoms with Crippen molar-refractivity contribution in [2.45, 2.75) is 24.3 Å². The number of aromatic amines is 1. The molecule has 0 spiro atoms. The third-order valence-electron chi connectivity index (χ3n) is 5.01. The van der Waals surface area contributed by atoms with Crippen molar-refractivity contribution in [3.63, 3.8) is 0 Å². The molecule has 3 N–H and O–H groups in total. The molecule has 2 aromatic carbocycles. The lowest BCUT2D eigenvalue weighted by Crippen LogP contribution is -2.30. The SMILES string of the molecule is CC1c2cc(-c3c[nH]c4cc(F)ccc34)ccc2S(=O)(=O)N1CCC(N)=O. The van der Waals surface area contributed by atoms with E-state index < -0.39 is 22.0 Å². The van der Waals surface area contributed by atoms with Crippen molar-refractivity contribution < 1.29 is 17.6 Å². The Kier molecular flexibility index (Phi) is 4.05. The van der Waals surface area contributed by atoms with E-state index in [9.17, 15) is 17.6 Å². The zero-order chi connectivity index (χ0) is 19.3. The van der Waals surface area contributed by atoms with Crippen molar-refractivity contribution in [2.75, 3.05) is 6.54 Å². The van der Waals surface area contributed by atoms with E-state index in [4.69, 9.17) is 5.73 Å². The number of amides is 1. The smallest absolute Gasteiger partial charge is 0.243 e. The molecule has 0 saturated carbocycles. The molecule has 6 nitrogen and oxygen atoms in total. The van der Waals surface area contributed by atoms with Crippen LogP contribution in [0.25, 0.3) is 22.0 Å². The molecule has 1 aliphatic heterocycles. The minimum absolute atomic E-state index is 0.0293. The van der Waals surface area contributed by atoms with E-state index in [2.05, 4.69) is 4.98 Å². The number of halogens is 1. The van der Waals surface area contributed by atoms with Crippen LogP contribution in [0.4, 0.5) is 4.39 Å². The van der Waals surface area contributed by atoms with Crippen LogP contribution in [0.2, 0.25) is 0 Å². The topological polar surface area (TPSA) is 96.3 Å². The maximum atomic E-state index is 13.4. The third kappa shape index (κ3) is 2.81. The van der Waals surface area contributed by atoms with Crippen LogP contribution in [0, 0.1) is 5.82 Å². The summed E-state index contributed by atoms with van der Waals surface area (Å²) in [6.07, 6.45) is 1.75. The number of rotatable bonds is 4. The Bertz CT molecular complexity index is 1170. The predicted molar refractivity (Wildman–Crippen MR) is 99.8 cm³/mol. The first kappa shape index (κ1) is 17.7. The summed E-state index contributed by atoms with van der Waals surface area (Å²) in [7, 11) is -3.66. The molecule has 4 rings (SSSR count). The van der Waals surface area contributed by atoms with Gasteiger partial charge in [-0.1, -0.05) is 6.07 Å². The Labute approximate surface area is 155 Å². The quantitative estimate of drug-likeness (QED) is 0.720. The Morgan fingerprint density at radius 1 is 1.26 bits per heavy atom. The van der Waals surface area contributed by atoms with E-state index in [0.29, 0.717) is 11.1 Å². The molecule has 27 heavy (non-hydrogen) atoms. The van der Waals surface area contributed by atoms with Crippen molar-refractivity contribution in [1.29, 1.82) is 0 Å². The van der Waals surface area contributed by atoms with Gasteiger partial charge in [0.2, 0.25) is 15.9 Å². The molecule has 0 saturated heterocycles. The summed E-state index contributed by atoms with van der Waals surface area (Å²) in [5.74, 6) is -0.866. The number of benzene rings is 2. The molecule has 1 aliphatic rings. The first-order chi connectivity index (χ1) is 12.8. The normalized spacial score (nSPS) is 18.7. The molecular weight excluding hydrogens is 369 g/mol. The van der Waals surface area contributed by atoms with Gasteiger partial charge in [0.1, 0.15) is 5.82 Å². The third-order valence-corrected chi connectivity index (χ3v) is 7.06. The maximum absolute atomic E-state index is 13.4. The number of sulfonamides is 1. The van der Waals surface area contributed by atoms with Crippen molar-refractivity contribution in [2.24, 2.45) is 5.73 Å². The maximum Gasteiger partial charge on any atom is 0.243 e. The van der Waals surface area contributed by atoms with Crippen molar-refractivity contribution in [3.8, 4) is 11.1 Å². The lowest BCUT2D eigenvalue weighted by molar-refractivity contribution is -0.118. The number of carbonyl (C=O) groups excluding carboxylic acids is 1. The second-order valence-corrected chi connectivity index (χ2v) is 8.51. The highest BCUT2D eigenvalue weighted by Gasteiger charge is 2.40. The van der Waals surface area contributed by atoms with Crippen LogP contribution in [0.15, 0.2) is 47.5 Å². The second kappa shape index (κ2) is 6.17. The highest BCUT2D eigenvalue weighted by molar-refractivity contribution is 7.89. The summed E-state index contributed by atoms with van der Waals surface area (Å²) in [5.41, 5.74) is 8.23. The fraction of sp³-hybridized carbons (Fsp3) is 0.211. The Morgan fingerprint density at radius 2 is 2.04 bits per heavy atom. The molecule has 1 unspecified atom stereocenters. The minimum atomic E-state index is -3.66. The van der Waals surface area contributed by atoms with Crippen LogP contribution in [-0.2, 0) is 14.8 Å². The van der Waals surface area contributed by atoms with E-state index in [0.717, 1.165) is 16.5 Å². The van der Waals surface area contributed by atoms with Crippen LogP contribution in [-0.4, -0.2) is 30.2 Å². The molecule has 8 heteroatoms. The lowest BCUT2D eigenvalue weighted by Gasteiger charge is -2.19. The molecular formula is C19H18FN3O3S. The molecule has 0 radical (unpaired) electrons. The first-order valence-electron chi connectivity index (χ1n) is 8.50. The summed E-state index contributed by atoms with van der Waals surface area (Å²) in [4.78, 5) is 14.4. The van der Waals surface area contributed by atoms with Crippen molar-refractivity contribution in [1.82, 2.24) is 9.29 Å². The summed E-state index contributed by atoms with van der Waals surface area (Å²) < 4.78 is 40.3. The minimum Gasteiger partial charge on any atom is -0.370 e. The molecule has 1 amide bonds. The van der Waals surface area contributed by atoms with E-state index in [1.165, 1.54) is 16.4 Å². The Morgan fingerprint density at radius 3 is 2.78 bits per heavy atom. The van der Waals surface area contributed by atoms with Gasteiger partial charge < -0.3 is 10.7 Å². The van der Waals surface area contributed by atoms with Crippen LogP contribution in [0.5, 0.6) is 0 Å². The number of primary amides is 1. The van der Waals surface area contributed by atoms with Crippen LogP contribution in [0.1, 0.15) is 24.9 Å². The molecule has 0 bridgehead atoms. The number of hydrogen-bond donors (Lipinski definition) is 2. The molecule has 0 fully saturated rings. The van der Waals surface area contributed by atoms with Gasteiger partial charge in [0.15, 0.2) is 0 Å². The molecule has 1 aromatic heterocycles. The van der Waals surface area contributed by atoms with Gasteiger partial charge in [-0.15, -0.1) is 0 Å².